The first-order valence-corrected chi connectivity index (χ1v) is 7.07. The predicted octanol–water partition coefficient (Wildman–Crippen LogP) is 4.36. The second-order valence-corrected chi connectivity index (χ2v) is 6.91. The zero-order valence-corrected chi connectivity index (χ0v) is 13.6. The third-order valence-electron chi connectivity index (χ3n) is 2.92. The number of benzene rings is 1. The second-order valence-electron chi connectivity index (χ2n) is 5.99. The van der Waals surface area contributed by atoms with Crippen molar-refractivity contribution in [1.82, 2.24) is 0 Å². The second kappa shape index (κ2) is 5.43. The number of aryl methyl sites for hydroxylation is 3. The number of halogens is 1. The van der Waals surface area contributed by atoms with E-state index >= 15 is 0 Å². The molecule has 0 saturated heterocycles. The quantitative estimate of drug-likeness (QED) is 0.808. The molecule has 100 valence electrons. The molecule has 0 aliphatic heterocycles. The Hall–Kier alpha value is -0.830. The summed E-state index contributed by atoms with van der Waals surface area (Å²) in [4.78, 5) is 12.0. The highest BCUT2D eigenvalue weighted by Gasteiger charge is 2.29. The van der Waals surface area contributed by atoms with Crippen LogP contribution in [0.15, 0.2) is 12.1 Å². The van der Waals surface area contributed by atoms with E-state index in [0.717, 1.165) is 16.8 Å². The van der Waals surface area contributed by atoms with E-state index in [1.54, 1.807) is 0 Å². The Kier molecular flexibility index (Phi) is 4.60. The molecule has 0 aliphatic rings. The molecule has 0 bridgehead atoms. The molecule has 18 heavy (non-hydrogen) atoms. The topological polar surface area (TPSA) is 29.1 Å². The lowest BCUT2D eigenvalue weighted by Gasteiger charge is -2.25. The Labute approximate surface area is 118 Å². The Morgan fingerprint density at radius 1 is 1.17 bits per heavy atom. The average Bonchev–Trinajstić information content (AvgIpc) is 2.20. The molecule has 1 aromatic carbocycles. The fourth-order valence-electron chi connectivity index (χ4n) is 1.96. The van der Waals surface area contributed by atoms with E-state index in [1.807, 2.05) is 34.6 Å². The van der Waals surface area contributed by atoms with Gasteiger partial charge in [0.05, 0.1) is 4.83 Å². The van der Waals surface area contributed by atoms with Crippen molar-refractivity contribution in [2.45, 2.75) is 46.4 Å². The summed E-state index contributed by atoms with van der Waals surface area (Å²) < 4.78 is 0. The lowest BCUT2D eigenvalue weighted by molar-refractivity contribution is -0.117. The highest BCUT2D eigenvalue weighted by Crippen LogP contribution is 2.29. The maximum absolute atomic E-state index is 12.2. The number of alkyl halides is 1. The molecule has 0 fully saturated rings. The van der Waals surface area contributed by atoms with E-state index in [-0.39, 0.29) is 16.1 Å². The van der Waals surface area contributed by atoms with Crippen molar-refractivity contribution < 1.29 is 4.79 Å². The van der Waals surface area contributed by atoms with E-state index in [2.05, 4.69) is 40.3 Å². The largest absolute Gasteiger partial charge is 0.325 e. The van der Waals surface area contributed by atoms with Gasteiger partial charge in [-0.3, -0.25) is 4.79 Å². The van der Waals surface area contributed by atoms with Gasteiger partial charge in [0.2, 0.25) is 5.91 Å². The molecule has 1 rings (SSSR count). The average molecular weight is 312 g/mol. The smallest absolute Gasteiger partial charge is 0.238 e. The highest BCUT2D eigenvalue weighted by molar-refractivity contribution is 9.10. The lowest BCUT2D eigenvalue weighted by atomic mass is 9.91. The maximum Gasteiger partial charge on any atom is 0.238 e. The van der Waals surface area contributed by atoms with Gasteiger partial charge >= 0.3 is 0 Å². The molecule has 1 aromatic rings. The first kappa shape index (κ1) is 15.2. The van der Waals surface area contributed by atoms with Crippen LogP contribution in [-0.2, 0) is 4.79 Å². The Bertz CT molecular complexity index is 437. The summed E-state index contributed by atoms with van der Waals surface area (Å²) in [5, 5.41) is 3.03. The van der Waals surface area contributed by atoms with Crippen LogP contribution in [-0.4, -0.2) is 10.7 Å². The molecular formula is C15H22BrNO. The minimum Gasteiger partial charge on any atom is -0.325 e. The van der Waals surface area contributed by atoms with Crippen molar-refractivity contribution in [3.8, 4) is 0 Å². The van der Waals surface area contributed by atoms with Gasteiger partial charge in [-0.15, -0.1) is 0 Å². The first-order valence-electron chi connectivity index (χ1n) is 6.15. The number of hydrogen-bond donors (Lipinski definition) is 1. The third-order valence-corrected chi connectivity index (χ3v) is 4.71. The summed E-state index contributed by atoms with van der Waals surface area (Å²) >= 11 is 3.47. The third kappa shape index (κ3) is 3.58. The van der Waals surface area contributed by atoms with Crippen LogP contribution < -0.4 is 5.32 Å². The molecule has 1 amide bonds. The highest BCUT2D eigenvalue weighted by atomic mass is 79.9. The van der Waals surface area contributed by atoms with Crippen LogP contribution in [0.1, 0.15) is 37.5 Å². The fourth-order valence-corrected chi connectivity index (χ4v) is 2.07. The van der Waals surface area contributed by atoms with E-state index < -0.39 is 0 Å². The van der Waals surface area contributed by atoms with Crippen LogP contribution in [0.2, 0.25) is 0 Å². The molecule has 0 heterocycles. The van der Waals surface area contributed by atoms with Crippen molar-refractivity contribution >= 4 is 27.5 Å². The molecule has 0 unspecified atom stereocenters. The van der Waals surface area contributed by atoms with Crippen LogP contribution >= 0.6 is 15.9 Å². The van der Waals surface area contributed by atoms with Crippen LogP contribution in [0.4, 0.5) is 5.69 Å². The van der Waals surface area contributed by atoms with E-state index in [9.17, 15) is 4.79 Å². The minimum absolute atomic E-state index is 0.0116. The summed E-state index contributed by atoms with van der Waals surface area (Å²) in [5.41, 5.74) is 4.26. The summed E-state index contributed by atoms with van der Waals surface area (Å²) in [6.07, 6.45) is 0. The van der Waals surface area contributed by atoms with E-state index in [1.165, 1.54) is 5.56 Å². The van der Waals surface area contributed by atoms with Crippen molar-refractivity contribution in [3.63, 3.8) is 0 Å². The van der Waals surface area contributed by atoms with Crippen LogP contribution in [0.5, 0.6) is 0 Å². The van der Waals surface area contributed by atoms with Gasteiger partial charge < -0.3 is 5.32 Å². The monoisotopic (exact) mass is 311 g/mol. The van der Waals surface area contributed by atoms with Crippen molar-refractivity contribution in [2.24, 2.45) is 5.41 Å². The molecular weight excluding hydrogens is 290 g/mol. The molecule has 3 heteroatoms. The van der Waals surface area contributed by atoms with Gasteiger partial charge in [0.1, 0.15) is 0 Å². The molecule has 0 spiro atoms. The van der Waals surface area contributed by atoms with Crippen molar-refractivity contribution in [1.29, 1.82) is 0 Å². The van der Waals surface area contributed by atoms with Gasteiger partial charge in [0.15, 0.2) is 0 Å². The summed E-state index contributed by atoms with van der Waals surface area (Å²) in [7, 11) is 0. The fraction of sp³-hybridized carbons (Fsp3) is 0.533. The first-order chi connectivity index (χ1) is 8.12. The molecule has 2 nitrogen and oxygen atoms in total. The van der Waals surface area contributed by atoms with Gasteiger partial charge in [0.25, 0.3) is 0 Å². The molecule has 0 aliphatic carbocycles. The number of hydrogen-bond acceptors (Lipinski definition) is 1. The summed E-state index contributed by atoms with van der Waals surface area (Å²) in [5.74, 6) is 0.0116. The zero-order valence-electron chi connectivity index (χ0n) is 12.0. The number of rotatable bonds is 2. The predicted molar refractivity (Wildman–Crippen MR) is 81.5 cm³/mol. The summed E-state index contributed by atoms with van der Waals surface area (Å²) in [6, 6.07) is 4.17. The number of anilines is 1. The molecule has 0 saturated carbocycles. The normalized spacial score (nSPS) is 13.3. The minimum atomic E-state index is -0.204. The van der Waals surface area contributed by atoms with E-state index in [0.29, 0.717) is 0 Å². The van der Waals surface area contributed by atoms with Gasteiger partial charge in [-0.1, -0.05) is 54.4 Å². The van der Waals surface area contributed by atoms with Gasteiger partial charge in [-0.25, -0.2) is 0 Å². The maximum atomic E-state index is 12.2. The van der Waals surface area contributed by atoms with Gasteiger partial charge in [-0.05, 0) is 37.3 Å². The van der Waals surface area contributed by atoms with Gasteiger partial charge in [0, 0.05) is 5.69 Å². The van der Waals surface area contributed by atoms with Crippen molar-refractivity contribution in [2.75, 3.05) is 5.32 Å². The molecule has 0 radical (unpaired) electrons. The number of carbonyl (C=O) groups is 1. The van der Waals surface area contributed by atoms with Crippen LogP contribution in [0.3, 0.4) is 0 Å². The SMILES string of the molecule is Cc1cc(C)c(NC(=O)[C@H](Br)C(C)(C)C)c(C)c1. The zero-order chi connectivity index (χ0) is 14.1. The Morgan fingerprint density at radius 3 is 2.00 bits per heavy atom. The Morgan fingerprint density at radius 2 is 1.61 bits per heavy atom. The van der Waals surface area contributed by atoms with Crippen LogP contribution in [0.25, 0.3) is 0 Å². The van der Waals surface area contributed by atoms with Crippen LogP contribution in [0, 0.1) is 26.2 Å². The van der Waals surface area contributed by atoms with Crippen molar-refractivity contribution in [3.05, 3.63) is 28.8 Å². The van der Waals surface area contributed by atoms with Gasteiger partial charge in [-0.2, -0.15) is 0 Å². The lowest BCUT2D eigenvalue weighted by Crippen LogP contribution is -2.34. The molecule has 0 aromatic heterocycles. The summed E-state index contributed by atoms with van der Waals surface area (Å²) in [6.45, 7) is 12.2. The molecule has 1 atom stereocenters. The number of carbonyl (C=O) groups excluding carboxylic acids is 1. The number of nitrogens with one attached hydrogen (secondary N) is 1. The molecule has 1 N–H and O–H groups in total. The number of amides is 1. The Balaban J connectivity index is 2.96. The van der Waals surface area contributed by atoms with E-state index in [4.69, 9.17) is 0 Å². The standard InChI is InChI=1S/C15H22BrNO/c1-9-7-10(2)12(11(3)8-9)17-14(18)13(16)15(4,5)6/h7-8,13H,1-6H3,(H,17,18)/t13-/m0/s1.